The number of hydrogen-bond donors (Lipinski definition) is 2. The van der Waals surface area contributed by atoms with Crippen LogP contribution in [0.5, 0.6) is 0 Å². The molecule has 10 heteroatoms. The van der Waals surface area contributed by atoms with Crippen LogP contribution in [0.2, 0.25) is 5.02 Å². The van der Waals surface area contributed by atoms with Gasteiger partial charge in [-0.25, -0.2) is 8.42 Å². The molecule has 27 heavy (non-hydrogen) atoms. The lowest BCUT2D eigenvalue weighted by Crippen LogP contribution is -2.41. The van der Waals surface area contributed by atoms with E-state index in [1.807, 2.05) is 0 Å². The fraction of sp³-hybridized carbons (Fsp3) is 0.294. The first-order chi connectivity index (χ1) is 12.9. The van der Waals surface area contributed by atoms with Gasteiger partial charge >= 0.3 is 5.91 Å². The molecule has 2 aromatic rings. The van der Waals surface area contributed by atoms with Gasteiger partial charge in [-0.15, -0.1) is 0 Å². The maximum atomic E-state index is 12.8. The van der Waals surface area contributed by atoms with E-state index < -0.39 is 21.8 Å². The third kappa shape index (κ3) is 4.32. The largest absolute Gasteiger partial charge is 0.459 e. The van der Waals surface area contributed by atoms with Gasteiger partial charge in [-0.05, 0) is 43.2 Å². The first kappa shape index (κ1) is 19.4. The van der Waals surface area contributed by atoms with E-state index in [2.05, 4.69) is 10.9 Å². The summed E-state index contributed by atoms with van der Waals surface area (Å²) in [4.78, 5) is 23.9. The van der Waals surface area contributed by atoms with Gasteiger partial charge < -0.3 is 4.42 Å². The average Bonchev–Trinajstić information content (AvgIpc) is 3.21. The second-order valence-electron chi connectivity index (χ2n) is 6.00. The van der Waals surface area contributed by atoms with Gasteiger partial charge in [0.2, 0.25) is 10.0 Å². The molecule has 144 valence electrons. The topological polar surface area (TPSA) is 109 Å². The van der Waals surface area contributed by atoms with Crippen LogP contribution >= 0.6 is 11.6 Å². The fourth-order valence-electron chi connectivity index (χ4n) is 2.74. The Labute approximate surface area is 161 Å². The number of rotatable bonds is 4. The molecule has 1 aliphatic heterocycles. The lowest BCUT2D eigenvalue weighted by atomic mass is 10.2. The Bertz CT molecular complexity index is 937. The molecule has 0 radical (unpaired) electrons. The van der Waals surface area contributed by atoms with E-state index >= 15 is 0 Å². The van der Waals surface area contributed by atoms with E-state index in [-0.39, 0.29) is 21.2 Å². The number of piperidine rings is 1. The molecule has 1 aliphatic rings. The van der Waals surface area contributed by atoms with Crippen LogP contribution < -0.4 is 10.9 Å². The summed E-state index contributed by atoms with van der Waals surface area (Å²) in [5.41, 5.74) is 4.46. The Kier molecular flexibility index (Phi) is 5.83. The van der Waals surface area contributed by atoms with Crippen LogP contribution in [0.1, 0.15) is 40.2 Å². The molecule has 2 amide bonds. The van der Waals surface area contributed by atoms with Crippen LogP contribution in [0.4, 0.5) is 0 Å². The van der Waals surface area contributed by atoms with Crippen LogP contribution in [0.3, 0.4) is 0 Å². The summed E-state index contributed by atoms with van der Waals surface area (Å²) < 4.78 is 32.0. The molecule has 0 saturated carbocycles. The molecular formula is C17H18ClN3O5S. The molecule has 2 heterocycles. The molecule has 1 saturated heterocycles. The molecule has 0 spiro atoms. The molecule has 3 rings (SSSR count). The van der Waals surface area contributed by atoms with Gasteiger partial charge in [-0.1, -0.05) is 18.0 Å². The van der Waals surface area contributed by atoms with Crippen molar-refractivity contribution in [1.29, 1.82) is 0 Å². The number of hydrazine groups is 1. The summed E-state index contributed by atoms with van der Waals surface area (Å²) in [5, 5.41) is 0.0387. The van der Waals surface area contributed by atoms with Crippen molar-refractivity contribution in [2.45, 2.75) is 24.2 Å². The molecule has 0 unspecified atom stereocenters. The highest BCUT2D eigenvalue weighted by Gasteiger charge is 2.28. The van der Waals surface area contributed by atoms with E-state index in [4.69, 9.17) is 16.0 Å². The second kappa shape index (κ2) is 8.12. The Morgan fingerprint density at radius 1 is 1.04 bits per heavy atom. The zero-order valence-electron chi connectivity index (χ0n) is 14.3. The lowest BCUT2D eigenvalue weighted by molar-refractivity contribution is 0.0831. The number of carbonyl (C=O) groups excluding carboxylic acids is 2. The van der Waals surface area contributed by atoms with Crippen molar-refractivity contribution in [2.75, 3.05) is 13.1 Å². The van der Waals surface area contributed by atoms with Gasteiger partial charge in [0.25, 0.3) is 5.91 Å². The van der Waals surface area contributed by atoms with Crippen LogP contribution in [-0.2, 0) is 10.0 Å². The zero-order valence-corrected chi connectivity index (χ0v) is 15.8. The van der Waals surface area contributed by atoms with Crippen molar-refractivity contribution in [1.82, 2.24) is 15.2 Å². The van der Waals surface area contributed by atoms with E-state index in [1.54, 1.807) is 0 Å². The second-order valence-corrected chi connectivity index (χ2v) is 8.31. The number of amides is 2. The Morgan fingerprint density at radius 3 is 2.41 bits per heavy atom. The third-order valence-electron chi connectivity index (χ3n) is 4.16. The fourth-order valence-corrected chi connectivity index (χ4v) is 4.76. The number of nitrogens with one attached hydrogen (secondary N) is 2. The third-order valence-corrected chi connectivity index (χ3v) is 6.54. The predicted octanol–water partition coefficient (Wildman–Crippen LogP) is 2.18. The molecule has 8 nitrogen and oxygen atoms in total. The number of benzene rings is 1. The van der Waals surface area contributed by atoms with Crippen molar-refractivity contribution in [3.05, 3.63) is 52.9 Å². The van der Waals surface area contributed by atoms with Gasteiger partial charge in [0.05, 0.1) is 11.3 Å². The smallest absolute Gasteiger partial charge is 0.305 e. The standard InChI is InChI=1S/C17H18ClN3O5S/c18-13-7-6-12(16(22)19-20-17(23)14-5-4-10-26-14)11-15(13)27(24,25)21-8-2-1-3-9-21/h4-7,10-11H,1-3,8-9H2,(H,19,22)(H,20,23). The highest BCUT2D eigenvalue weighted by molar-refractivity contribution is 7.89. The van der Waals surface area contributed by atoms with E-state index in [0.29, 0.717) is 13.1 Å². The molecule has 1 aromatic heterocycles. The Balaban J connectivity index is 1.76. The number of furan rings is 1. The number of carbonyl (C=O) groups is 2. The van der Waals surface area contributed by atoms with Crippen molar-refractivity contribution >= 4 is 33.4 Å². The van der Waals surface area contributed by atoms with Crippen LogP contribution in [0, 0.1) is 0 Å². The van der Waals surface area contributed by atoms with Crippen LogP contribution in [-0.4, -0.2) is 37.6 Å². The summed E-state index contributed by atoms with van der Waals surface area (Å²) in [6.45, 7) is 0.850. The van der Waals surface area contributed by atoms with Gasteiger partial charge in [0.1, 0.15) is 4.90 Å². The van der Waals surface area contributed by atoms with E-state index in [9.17, 15) is 18.0 Å². The molecule has 0 atom stereocenters. The predicted molar refractivity (Wildman–Crippen MR) is 97.7 cm³/mol. The first-order valence-electron chi connectivity index (χ1n) is 8.33. The van der Waals surface area contributed by atoms with Gasteiger partial charge in [-0.3, -0.25) is 20.4 Å². The summed E-state index contributed by atoms with van der Waals surface area (Å²) in [5.74, 6) is -1.29. The number of halogens is 1. The highest BCUT2D eigenvalue weighted by Crippen LogP contribution is 2.27. The Morgan fingerprint density at radius 2 is 1.74 bits per heavy atom. The molecule has 0 bridgehead atoms. The molecular weight excluding hydrogens is 394 g/mol. The van der Waals surface area contributed by atoms with Crippen molar-refractivity contribution in [3.8, 4) is 0 Å². The zero-order chi connectivity index (χ0) is 19.4. The van der Waals surface area contributed by atoms with Crippen molar-refractivity contribution in [3.63, 3.8) is 0 Å². The number of sulfonamides is 1. The van der Waals surface area contributed by atoms with Gasteiger partial charge in [-0.2, -0.15) is 4.31 Å². The van der Waals surface area contributed by atoms with E-state index in [1.165, 1.54) is 40.9 Å². The monoisotopic (exact) mass is 411 g/mol. The average molecular weight is 412 g/mol. The summed E-state index contributed by atoms with van der Waals surface area (Å²) in [6.07, 6.45) is 3.89. The quantitative estimate of drug-likeness (QED) is 0.749. The van der Waals surface area contributed by atoms with Crippen LogP contribution in [0.25, 0.3) is 0 Å². The van der Waals surface area contributed by atoms with E-state index in [0.717, 1.165) is 19.3 Å². The minimum Gasteiger partial charge on any atom is -0.459 e. The summed E-state index contributed by atoms with van der Waals surface area (Å²) in [6, 6.07) is 6.91. The van der Waals surface area contributed by atoms with Gasteiger partial charge in [0.15, 0.2) is 5.76 Å². The highest BCUT2D eigenvalue weighted by atomic mass is 35.5. The summed E-state index contributed by atoms with van der Waals surface area (Å²) in [7, 11) is -3.80. The van der Waals surface area contributed by atoms with Crippen molar-refractivity contribution < 1.29 is 22.4 Å². The molecule has 1 aromatic carbocycles. The van der Waals surface area contributed by atoms with Gasteiger partial charge in [0, 0.05) is 18.7 Å². The Hall–Kier alpha value is -2.36. The molecule has 1 fully saturated rings. The maximum Gasteiger partial charge on any atom is 0.305 e. The minimum atomic E-state index is -3.80. The number of hydrogen-bond acceptors (Lipinski definition) is 5. The summed E-state index contributed by atoms with van der Waals surface area (Å²) >= 11 is 6.08. The SMILES string of the molecule is O=C(NNC(=O)c1ccco1)c1ccc(Cl)c(S(=O)(=O)N2CCCCC2)c1. The minimum absolute atomic E-state index is 0.0276. The maximum absolute atomic E-state index is 12.8. The molecule has 0 aliphatic carbocycles. The number of nitrogens with zero attached hydrogens (tertiary/aromatic N) is 1. The normalized spacial score (nSPS) is 15.3. The first-order valence-corrected chi connectivity index (χ1v) is 10.2. The van der Waals surface area contributed by atoms with Crippen molar-refractivity contribution in [2.24, 2.45) is 0 Å². The lowest BCUT2D eigenvalue weighted by Gasteiger charge is -2.26. The van der Waals surface area contributed by atoms with Crippen LogP contribution in [0.15, 0.2) is 45.9 Å². The molecule has 2 N–H and O–H groups in total.